The van der Waals surface area contributed by atoms with Gasteiger partial charge in [0, 0.05) is 40.1 Å². The number of carbonyl (C=O) groups excluding carboxylic acids is 2. The molecule has 6 rings (SSSR count). The molecule has 1 spiro atoms. The van der Waals surface area contributed by atoms with Crippen LogP contribution in [-0.4, -0.2) is 40.0 Å². The van der Waals surface area contributed by atoms with Crippen molar-refractivity contribution in [2.45, 2.75) is 57.9 Å². The summed E-state index contributed by atoms with van der Waals surface area (Å²) >= 11 is 6.40. The summed E-state index contributed by atoms with van der Waals surface area (Å²) in [5, 5.41) is 0.546. The summed E-state index contributed by atoms with van der Waals surface area (Å²) in [6.45, 7) is 4.20. The quantitative estimate of drug-likeness (QED) is 0.425. The highest BCUT2D eigenvalue weighted by Gasteiger charge is 2.51. The maximum atomic E-state index is 13.4. The van der Waals surface area contributed by atoms with Crippen LogP contribution in [-0.2, 0) is 39.1 Å². The number of halogens is 1. The van der Waals surface area contributed by atoms with Gasteiger partial charge >= 0.3 is 5.97 Å². The molecule has 0 aliphatic heterocycles. The van der Waals surface area contributed by atoms with E-state index in [4.69, 9.17) is 26.1 Å². The number of hydrogen-bond acceptors (Lipinski definition) is 7. The van der Waals surface area contributed by atoms with Crippen molar-refractivity contribution in [3.8, 4) is 16.9 Å². The van der Waals surface area contributed by atoms with Crippen LogP contribution in [0, 0.1) is 13.8 Å². The average molecular weight is 546 g/mol. The van der Waals surface area contributed by atoms with Gasteiger partial charge in [0.2, 0.25) is 0 Å². The average Bonchev–Trinajstić information content (AvgIpc) is 3.54. The highest BCUT2D eigenvalue weighted by Crippen LogP contribution is 2.53. The van der Waals surface area contributed by atoms with Crippen LogP contribution >= 0.6 is 11.6 Å². The number of hydrogen-bond donors (Lipinski definition) is 0. The van der Waals surface area contributed by atoms with Crippen molar-refractivity contribution < 1.29 is 19.1 Å². The van der Waals surface area contributed by atoms with E-state index in [1.807, 2.05) is 32.1 Å². The first-order chi connectivity index (χ1) is 18.7. The largest absolute Gasteiger partial charge is 0.491 e. The molecule has 1 fully saturated rings. The number of benzene rings is 1. The van der Waals surface area contributed by atoms with E-state index >= 15 is 0 Å². The van der Waals surface area contributed by atoms with Crippen LogP contribution in [0.1, 0.15) is 53.3 Å². The van der Waals surface area contributed by atoms with Gasteiger partial charge in [0.25, 0.3) is 5.56 Å². The Morgan fingerprint density at radius 1 is 1.10 bits per heavy atom. The molecular weight excluding hydrogens is 518 g/mol. The Morgan fingerprint density at radius 2 is 1.90 bits per heavy atom. The van der Waals surface area contributed by atoms with Crippen LogP contribution in [0.5, 0.6) is 5.75 Å². The summed E-state index contributed by atoms with van der Waals surface area (Å²) in [6.07, 6.45) is 4.83. The number of ketones is 1. The molecule has 0 N–H and O–H groups in total. The van der Waals surface area contributed by atoms with E-state index in [2.05, 4.69) is 4.98 Å². The molecule has 3 aliphatic carbocycles. The van der Waals surface area contributed by atoms with Crippen molar-refractivity contribution in [2.24, 2.45) is 0 Å². The van der Waals surface area contributed by atoms with E-state index < -0.39 is 5.97 Å². The molecule has 0 radical (unpaired) electrons. The van der Waals surface area contributed by atoms with Gasteiger partial charge in [-0.25, -0.2) is 9.78 Å². The van der Waals surface area contributed by atoms with Crippen molar-refractivity contribution >= 4 is 28.9 Å². The topological polar surface area (TPSA) is 100 Å². The number of rotatable bonds is 6. The minimum atomic E-state index is -0.422. The number of carbonyl (C=O) groups is 2. The predicted molar refractivity (Wildman–Crippen MR) is 146 cm³/mol. The SMILES string of the molecule is COC(=O)C1=CCc2c(-c3cc(Cl)ccc3OCCn3c(C)nc4c(c3=O)CC(=O)CC43CC3)cc(C)nc21. The van der Waals surface area contributed by atoms with Gasteiger partial charge in [-0.05, 0) is 68.5 Å². The highest BCUT2D eigenvalue weighted by atomic mass is 35.5. The number of pyridine rings is 1. The Balaban J connectivity index is 1.30. The predicted octanol–water partition coefficient (Wildman–Crippen LogP) is 4.31. The second-order valence-electron chi connectivity index (χ2n) is 10.6. The first-order valence-corrected chi connectivity index (χ1v) is 13.4. The number of Topliss-reactive ketones (excluding diaryl/α,β-unsaturated/α-hetero) is 1. The molecule has 200 valence electrons. The Bertz CT molecular complexity index is 1650. The fraction of sp³-hybridized carbons (Fsp3) is 0.367. The lowest BCUT2D eigenvalue weighted by molar-refractivity contribution is -0.133. The number of allylic oxidation sites excluding steroid dienone is 1. The third kappa shape index (κ3) is 4.36. The summed E-state index contributed by atoms with van der Waals surface area (Å²) in [5.74, 6) is 0.918. The second kappa shape index (κ2) is 9.45. The fourth-order valence-corrected chi connectivity index (χ4v) is 6.07. The first kappa shape index (κ1) is 25.5. The zero-order chi connectivity index (χ0) is 27.5. The van der Waals surface area contributed by atoms with Gasteiger partial charge in [-0.2, -0.15) is 0 Å². The maximum Gasteiger partial charge on any atom is 0.339 e. The molecule has 0 unspecified atom stereocenters. The smallest absolute Gasteiger partial charge is 0.339 e. The fourth-order valence-electron chi connectivity index (χ4n) is 5.89. The van der Waals surface area contributed by atoms with Crippen LogP contribution in [0.3, 0.4) is 0 Å². The number of fused-ring (bicyclic) bond motifs is 3. The molecule has 3 aromatic rings. The van der Waals surface area contributed by atoms with Crippen molar-refractivity contribution in [1.29, 1.82) is 0 Å². The van der Waals surface area contributed by atoms with Crippen LogP contribution in [0.4, 0.5) is 0 Å². The number of ether oxygens (including phenoxy) is 2. The second-order valence-corrected chi connectivity index (χ2v) is 11.0. The van der Waals surface area contributed by atoms with Gasteiger partial charge in [0.15, 0.2) is 0 Å². The van der Waals surface area contributed by atoms with Crippen molar-refractivity contribution in [2.75, 3.05) is 13.7 Å². The van der Waals surface area contributed by atoms with Crippen molar-refractivity contribution in [3.05, 3.63) is 79.8 Å². The molecule has 0 amide bonds. The van der Waals surface area contributed by atoms with Crippen molar-refractivity contribution in [1.82, 2.24) is 14.5 Å². The van der Waals surface area contributed by atoms with Gasteiger partial charge in [-0.1, -0.05) is 17.7 Å². The van der Waals surface area contributed by atoms with Gasteiger partial charge in [0.05, 0.1) is 30.6 Å². The Labute approximate surface area is 230 Å². The number of nitrogens with zero attached hydrogens (tertiary/aromatic N) is 3. The lowest BCUT2D eigenvalue weighted by Crippen LogP contribution is -2.37. The van der Waals surface area contributed by atoms with Gasteiger partial charge in [0.1, 0.15) is 24.0 Å². The van der Waals surface area contributed by atoms with E-state index in [0.717, 1.165) is 40.9 Å². The molecule has 2 heterocycles. The molecule has 2 aromatic heterocycles. The standard InChI is InChI=1S/C30H28ClN3O5/c1-16-12-22(20-5-6-21(26(20)32-16)29(37)38-3)23-13-18(31)4-7-25(23)39-11-10-34-17(2)33-27-24(28(34)36)14-19(35)15-30(27)8-9-30/h4,6-7,12-13H,5,8-11,14-15H2,1-3H3. The zero-order valence-corrected chi connectivity index (χ0v) is 22.9. The van der Waals surface area contributed by atoms with E-state index in [0.29, 0.717) is 46.3 Å². The summed E-state index contributed by atoms with van der Waals surface area (Å²) in [6, 6.07) is 7.35. The van der Waals surface area contributed by atoms with Crippen LogP contribution < -0.4 is 10.3 Å². The number of aromatic nitrogens is 3. The molecule has 39 heavy (non-hydrogen) atoms. The van der Waals surface area contributed by atoms with Crippen LogP contribution in [0.2, 0.25) is 5.02 Å². The van der Waals surface area contributed by atoms with Crippen LogP contribution in [0.15, 0.2) is 35.1 Å². The van der Waals surface area contributed by atoms with Gasteiger partial charge in [-0.15, -0.1) is 0 Å². The summed E-state index contributed by atoms with van der Waals surface area (Å²) in [7, 11) is 1.35. The summed E-state index contributed by atoms with van der Waals surface area (Å²) < 4.78 is 12.8. The third-order valence-electron chi connectivity index (χ3n) is 7.95. The monoisotopic (exact) mass is 545 g/mol. The molecule has 1 saturated carbocycles. The molecule has 9 heteroatoms. The lowest BCUT2D eigenvalue weighted by atomic mass is 9.83. The van der Waals surface area contributed by atoms with Crippen molar-refractivity contribution in [3.63, 3.8) is 0 Å². The maximum absolute atomic E-state index is 13.4. The van der Waals surface area contributed by atoms with Crippen LogP contribution in [0.25, 0.3) is 16.7 Å². The molecule has 3 aliphatic rings. The van der Waals surface area contributed by atoms with E-state index in [1.165, 1.54) is 7.11 Å². The third-order valence-corrected chi connectivity index (χ3v) is 8.18. The molecular formula is C30H28ClN3O5. The summed E-state index contributed by atoms with van der Waals surface area (Å²) in [4.78, 5) is 47.5. The lowest BCUT2D eigenvalue weighted by Gasteiger charge is -2.24. The van der Waals surface area contributed by atoms with E-state index in [9.17, 15) is 14.4 Å². The summed E-state index contributed by atoms with van der Waals surface area (Å²) in [5.41, 5.74) is 5.35. The molecule has 0 atom stereocenters. The zero-order valence-electron chi connectivity index (χ0n) is 22.1. The first-order valence-electron chi connectivity index (χ1n) is 13.1. The normalized spacial score (nSPS) is 16.5. The Morgan fingerprint density at radius 3 is 2.64 bits per heavy atom. The molecule has 0 bridgehead atoms. The number of aryl methyl sites for hydroxylation is 2. The molecule has 0 saturated heterocycles. The Kier molecular flexibility index (Phi) is 6.18. The number of esters is 1. The van der Waals surface area contributed by atoms with Gasteiger partial charge < -0.3 is 9.47 Å². The Hall–Kier alpha value is -3.78. The van der Waals surface area contributed by atoms with E-state index in [-0.39, 0.29) is 36.3 Å². The molecule has 1 aromatic carbocycles. The van der Waals surface area contributed by atoms with Gasteiger partial charge in [-0.3, -0.25) is 19.1 Å². The minimum Gasteiger partial charge on any atom is -0.491 e. The highest BCUT2D eigenvalue weighted by molar-refractivity contribution is 6.31. The minimum absolute atomic E-state index is 0.112. The van der Waals surface area contributed by atoms with E-state index in [1.54, 1.807) is 16.7 Å². The molecule has 8 nitrogen and oxygen atoms in total. The number of methoxy groups -OCH3 is 1.